The van der Waals surface area contributed by atoms with Crippen molar-refractivity contribution in [3.63, 3.8) is 0 Å². The summed E-state index contributed by atoms with van der Waals surface area (Å²) in [5.41, 5.74) is 12.9. The number of rotatable bonds is 6. The highest BCUT2D eigenvalue weighted by atomic mass is 16.3. The van der Waals surface area contributed by atoms with Gasteiger partial charge in [-0.05, 0) is 83.9 Å². The van der Waals surface area contributed by atoms with E-state index in [4.69, 9.17) is 19.4 Å². The minimum absolute atomic E-state index is 0.528. The summed E-state index contributed by atoms with van der Waals surface area (Å²) < 4.78 is 11.6. The first kappa shape index (κ1) is 35.2. The van der Waals surface area contributed by atoms with Gasteiger partial charge in [-0.3, -0.25) is 0 Å². The predicted molar refractivity (Wildman–Crippen MR) is 258 cm³/mol. The highest BCUT2D eigenvalue weighted by molar-refractivity contribution is 6.14. The summed E-state index contributed by atoms with van der Waals surface area (Å²) >= 11 is 0. The maximum Gasteiger partial charge on any atom is 0.167 e. The Morgan fingerprint density at radius 2 is 0.810 bits per heavy atom. The molecule has 4 heterocycles. The van der Waals surface area contributed by atoms with Gasteiger partial charge in [0, 0.05) is 54.8 Å². The van der Waals surface area contributed by atoms with E-state index in [1.54, 1.807) is 0 Å². The van der Waals surface area contributed by atoms with Crippen LogP contribution < -0.4 is 0 Å². The molecular weight excluding hydrogens is 771 g/mol. The molecule has 0 bridgehead atoms. The van der Waals surface area contributed by atoms with Crippen LogP contribution in [0.1, 0.15) is 0 Å². The van der Waals surface area contributed by atoms with Gasteiger partial charge in [0.05, 0.1) is 27.6 Å². The number of furan rings is 1. The molecule has 0 unspecified atom stereocenters. The van der Waals surface area contributed by atoms with Crippen molar-refractivity contribution in [3.8, 4) is 56.7 Å². The van der Waals surface area contributed by atoms with E-state index in [0.717, 1.165) is 94.0 Å². The van der Waals surface area contributed by atoms with Gasteiger partial charge in [-0.2, -0.15) is 0 Å². The topological polar surface area (TPSA) is 61.7 Å². The first-order valence-corrected chi connectivity index (χ1v) is 21.2. The molecule has 0 spiro atoms. The summed E-state index contributed by atoms with van der Waals surface area (Å²) in [6, 6.07) is 74.4. The molecule has 294 valence electrons. The SMILES string of the molecule is c1ccc(-c2ccc3c(c2)oc2c(-c4nc(-c5ccccc5)nc(-c5ccc6c(c5)c5ccccc5n6-c5ccccc5)n4)cc(-n4c5ccccc5c5ccccc54)cc23)cc1. The Hall–Kier alpha value is -8.61. The molecule has 0 amide bonds. The van der Waals surface area contributed by atoms with E-state index in [-0.39, 0.29) is 0 Å². The van der Waals surface area contributed by atoms with Crippen LogP contribution in [0.5, 0.6) is 0 Å². The van der Waals surface area contributed by atoms with Gasteiger partial charge in [-0.15, -0.1) is 0 Å². The second-order valence-electron chi connectivity index (χ2n) is 16.0. The summed E-state index contributed by atoms with van der Waals surface area (Å²) in [5, 5.41) is 6.67. The smallest absolute Gasteiger partial charge is 0.167 e. The first-order valence-electron chi connectivity index (χ1n) is 21.2. The summed E-state index contributed by atoms with van der Waals surface area (Å²) in [6.07, 6.45) is 0. The lowest BCUT2D eigenvalue weighted by atomic mass is 10.0. The van der Waals surface area contributed by atoms with Crippen molar-refractivity contribution in [1.29, 1.82) is 0 Å². The number of hydrogen-bond donors (Lipinski definition) is 0. The number of hydrogen-bond acceptors (Lipinski definition) is 4. The molecule has 6 nitrogen and oxygen atoms in total. The quantitative estimate of drug-likeness (QED) is 0.168. The molecule has 0 atom stereocenters. The Morgan fingerprint density at radius 3 is 1.48 bits per heavy atom. The van der Waals surface area contributed by atoms with Crippen LogP contribution in [0.4, 0.5) is 0 Å². The number of nitrogens with zero attached hydrogens (tertiary/aromatic N) is 5. The van der Waals surface area contributed by atoms with Crippen LogP contribution in [0.15, 0.2) is 217 Å². The maximum atomic E-state index is 6.98. The third-order valence-electron chi connectivity index (χ3n) is 12.4. The molecule has 0 saturated heterocycles. The lowest BCUT2D eigenvalue weighted by Gasteiger charge is -2.13. The van der Waals surface area contributed by atoms with Crippen LogP contribution in [0.25, 0.3) is 122 Å². The van der Waals surface area contributed by atoms with Gasteiger partial charge in [0.2, 0.25) is 0 Å². The highest BCUT2D eigenvalue weighted by Crippen LogP contribution is 2.42. The number of benzene rings is 9. The van der Waals surface area contributed by atoms with E-state index in [0.29, 0.717) is 17.5 Å². The van der Waals surface area contributed by atoms with Crippen molar-refractivity contribution in [3.05, 3.63) is 212 Å². The van der Waals surface area contributed by atoms with E-state index in [1.165, 1.54) is 10.8 Å². The fraction of sp³-hybridized carbons (Fsp3) is 0. The van der Waals surface area contributed by atoms with Crippen molar-refractivity contribution in [2.24, 2.45) is 0 Å². The van der Waals surface area contributed by atoms with Gasteiger partial charge in [0.1, 0.15) is 11.2 Å². The van der Waals surface area contributed by atoms with Gasteiger partial charge in [-0.1, -0.05) is 140 Å². The molecule has 0 N–H and O–H groups in total. The average Bonchev–Trinajstić information content (AvgIpc) is 4.01. The second kappa shape index (κ2) is 14.0. The Balaban J connectivity index is 1.09. The second-order valence-corrected chi connectivity index (χ2v) is 16.0. The summed E-state index contributed by atoms with van der Waals surface area (Å²) in [7, 11) is 0. The standard InChI is InChI=1S/C57H35N5O/c1-4-16-36(17-5-1)38-28-30-45-47-34-41(62-49-25-13-10-22-42(49)43-23-11-14-26-50(43)62)35-48(54(47)63-53(45)33-38)57-59-55(37-18-6-2-7-19-37)58-56(60-57)39-29-31-52-46(32-39)44-24-12-15-27-51(44)61(52)40-20-8-3-9-21-40/h1-35H. The lowest BCUT2D eigenvalue weighted by Crippen LogP contribution is -2.01. The lowest BCUT2D eigenvalue weighted by molar-refractivity contribution is 0.669. The zero-order valence-electron chi connectivity index (χ0n) is 33.9. The summed E-state index contributed by atoms with van der Waals surface area (Å²) in [6.45, 7) is 0. The van der Waals surface area contributed by atoms with Gasteiger partial charge in [0.25, 0.3) is 0 Å². The fourth-order valence-electron chi connectivity index (χ4n) is 9.48. The van der Waals surface area contributed by atoms with Crippen LogP contribution in [0.3, 0.4) is 0 Å². The fourth-order valence-corrected chi connectivity index (χ4v) is 9.48. The van der Waals surface area contributed by atoms with E-state index < -0.39 is 0 Å². The Bertz CT molecular complexity index is 3850. The van der Waals surface area contributed by atoms with Crippen LogP contribution >= 0.6 is 0 Å². The van der Waals surface area contributed by atoms with Crippen LogP contribution in [0.2, 0.25) is 0 Å². The van der Waals surface area contributed by atoms with Crippen molar-refractivity contribution in [1.82, 2.24) is 24.1 Å². The number of aromatic nitrogens is 5. The molecule has 4 aromatic heterocycles. The summed E-state index contributed by atoms with van der Waals surface area (Å²) in [4.78, 5) is 15.9. The van der Waals surface area contributed by atoms with Crippen molar-refractivity contribution in [2.45, 2.75) is 0 Å². The van der Waals surface area contributed by atoms with Crippen molar-refractivity contribution >= 4 is 65.6 Å². The van der Waals surface area contributed by atoms with Gasteiger partial charge < -0.3 is 13.6 Å². The monoisotopic (exact) mass is 805 g/mol. The van der Waals surface area contributed by atoms with Crippen molar-refractivity contribution < 1.29 is 4.42 Å². The molecule has 13 rings (SSSR count). The van der Waals surface area contributed by atoms with Gasteiger partial charge in [0.15, 0.2) is 17.5 Å². The largest absolute Gasteiger partial charge is 0.455 e. The third kappa shape index (κ3) is 5.62. The number of fused-ring (bicyclic) bond motifs is 9. The molecule has 0 aliphatic rings. The van der Waals surface area contributed by atoms with Crippen LogP contribution in [-0.2, 0) is 0 Å². The molecular formula is C57H35N5O. The molecule has 0 radical (unpaired) electrons. The Kier molecular flexibility index (Phi) is 7.80. The molecule has 63 heavy (non-hydrogen) atoms. The Labute approximate surface area is 361 Å². The highest BCUT2D eigenvalue weighted by Gasteiger charge is 2.23. The van der Waals surface area contributed by atoms with E-state index in [9.17, 15) is 0 Å². The van der Waals surface area contributed by atoms with Crippen LogP contribution in [-0.4, -0.2) is 24.1 Å². The Morgan fingerprint density at radius 1 is 0.302 bits per heavy atom. The molecule has 9 aromatic carbocycles. The van der Waals surface area contributed by atoms with Crippen LogP contribution in [0, 0.1) is 0 Å². The van der Waals surface area contributed by atoms with Crippen molar-refractivity contribution in [2.75, 3.05) is 0 Å². The normalized spacial score (nSPS) is 11.8. The molecule has 0 aliphatic heterocycles. The van der Waals surface area contributed by atoms with E-state index in [2.05, 4.69) is 197 Å². The minimum Gasteiger partial charge on any atom is -0.455 e. The van der Waals surface area contributed by atoms with Gasteiger partial charge >= 0.3 is 0 Å². The minimum atomic E-state index is 0.528. The zero-order valence-corrected chi connectivity index (χ0v) is 33.9. The molecule has 0 saturated carbocycles. The summed E-state index contributed by atoms with van der Waals surface area (Å²) in [5.74, 6) is 1.69. The molecule has 0 aliphatic carbocycles. The molecule has 6 heteroatoms. The average molecular weight is 806 g/mol. The number of para-hydroxylation sites is 4. The predicted octanol–water partition coefficient (Wildman–Crippen LogP) is 14.6. The van der Waals surface area contributed by atoms with E-state index in [1.807, 2.05) is 24.3 Å². The zero-order chi connectivity index (χ0) is 41.4. The first-order chi connectivity index (χ1) is 31.2. The maximum absolute atomic E-state index is 6.98. The van der Waals surface area contributed by atoms with E-state index >= 15 is 0 Å². The van der Waals surface area contributed by atoms with Gasteiger partial charge in [-0.25, -0.2) is 15.0 Å². The third-order valence-corrected chi connectivity index (χ3v) is 12.4. The molecule has 13 aromatic rings. The molecule has 0 fully saturated rings.